The second-order valence-electron chi connectivity index (χ2n) is 5.97. The molecule has 2 aromatic rings. The lowest BCUT2D eigenvalue weighted by molar-refractivity contribution is -0.120. The summed E-state index contributed by atoms with van der Waals surface area (Å²) in [4.78, 5) is 17.6. The SMILES string of the molecule is COc1ccc(-c2nc(C)c(CC(=O)NCCC(C)C)s2)cc1. The van der Waals surface area contributed by atoms with Crippen molar-refractivity contribution >= 4 is 17.2 Å². The van der Waals surface area contributed by atoms with E-state index in [-0.39, 0.29) is 5.91 Å². The fraction of sp³-hybridized carbons (Fsp3) is 0.444. The molecule has 124 valence electrons. The van der Waals surface area contributed by atoms with E-state index >= 15 is 0 Å². The number of aromatic nitrogens is 1. The van der Waals surface area contributed by atoms with E-state index in [9.17, 15) is 4.79 Å². The molecule has 0 fully saturated rings. The molecule has 0 aliphatic rings. The Bertz CT molecular complexity index is 648. The lowest BCUT2D eigenvalue weighted by Crippen LogP contribution is -2.26. The van der Waals surface area contributed by atoms with Gasteiger partial charge in [-0.3, -0.25) is 4.79 Å². The summed E-state index contributed by atoms with van der Waals surface area (Å²) in [6, 6.07) is 7.82. The summed E-state index contributed by atoms with van der Waals surface area (Å²) in [6.07, 6.45) is 1.41. The van der Waals surface area contributed by atoms with Crippen LogP contribution >= 0.6 is 11.3 Å². The Hall–Kier alpha value is -1.88. The van der Waals surface area contributed by atoms with Crippen molar-refractivity contribution in [3.05, 3.63) is 34.8 Å². The molecule has 1 amide bonds. The van der Waals surface area contributed by atoms with E-state index in [2.05, 4.69) is 24.1 Å². The predicted molar refractivity (Wildman–Crippen MR) is 95.0 cm³/mol. The van der Waals surface area contributed by atoms with Crippen LogP contribution in [0.4, 0.5) is 0 Å². The molecule has 0 radical (unpaired) electrons. The molecule has 1 heterocycles. The Morgan fingerprint density at radius 2 is 2.00 bits per heavy atom. The van der Waals surface area contributed by atoms with E-state index in [1.807, 2.05) is 31.2 Å². The second-order valence-corrected chi connectivity index (χ2v) is 7.05. The van der Waals surface area contributed by atoms with E-state index in [4.69, 9.17) is 4.74 Å². The summed E-state index contributed by atoms with van der Waals surface area (Å²) in [5.74, 6) is 1.49. The highest BCUT2D eigenvalue weighted by Crippen LogP contribution is 2.29. The zero-order valence-electron chi connectivity index (χ0n) is 14.2. The number of thiazole rings is 1. The molecule has 23 heavy (non-hydrogen) atoms. The monoisotopic (exact) mass is 332 g/mol. The molecule has 0 bridgehead atoms. The molecule has 0 saturated heterocycles. The van der Waals surface area contributed by atoms with Gasteiger partial charge in [0, 0.05) is 17.0 Å². The highest BCUT2D eigenvalue weighted by molar-refractivity contribution is 7.15. The molecule has 0 saturated carbocycles. The van der Waals surface area contributed by atoms with Crippen LogP contribution in [0.25, 0.3) is 10.6 Å². The van der Waals surface area contributed by atoms with Crippen molar-refractivity contribution in [2.45, 2.75) is 33.6 Å². The molecule has 5 heteroatoms. The lowest BCUT2D eigenvalue weighted by Gasteiger charge is -2.06. The van der Waals surface area contributed by atoms with Crippen molar-refractivity contribution in [1.82, 2.24) is 10.3 Å². The smallest absolute Gasteiger partial charge is 0.225 e. The van der Waals surface area contributed by atoms with Crippen molar-refractivity contribution in [3.63, 3.8) is 0 Å². The summed E-state index contributed by atoms with van der Waals surface area (Å²) in [6.45, 7) is 7.00. The quantitative estimate of drug-likeness (QED) is 0.838. The van der Waals surface area contributed by atoms with Crippen LogP contribution in [0.1, 0.15) is 30.8 Å². The zero-order valence-corrected chi connectivity index (χ0v) is 15.0. The molecule has 0 unspecified atom stereocenters. The van der Waals surface area contributed by atoms with Gasteiger partial charge in [-0.15, -0.1) is 11.3 Å². The van der Waals surface area contributed by atoms with Crippen molar-refractivity contribution in [2.24, 2.45) is 5.92 Å². The Morgan fingerprint density at radius 1 is 1.30 bits per heavy atom. The number of carbonyl (C=O) groups excluding carboxylic acids is 1. The van der Waals surface area contributed by atoms with Crippen LogP contribution in [0.2, 0.25) is 0 Å². The maximum absolute atomic E-state index is 12.0. The number of hydrogen-bond donors (Lipinski definition) is 1. The largest absolute Gasteiger partial charge is 0.497 e. The topological polar surface area (TPSA) is 51.2 Å². The van der Waals surface area contributed by atoms with E-state index in [0.717, 1.165) is 39.9 Å². The van der Waals surface area contributed by atoms with E-state index in [1.165, 1.54) is 0 Å². The Balaban J connectivity index is 2.01. The third-order valence-corrected chi connectivity index (χ3v) is 4.80. The fourth-order valence-electron chi connectivity index (χ4n) is 2.16. The number of nitrogens with one attached hydrogen (secondary N) is 1. The van der Waals surface area contributed by atoms with Gasteiger partial charge >= 0.3 is 0 Å². The standard InChI is InChI=1S/C18H24N2O2S/c1-12(2)9-10-19-17(21)11-16-13(3)20-18(23-16)14-5-7-15(22-4)8-6-14/h5-8,12H,9-11H2,1-4H3,(H,19,21). The normalized spacial score (nSPS) is 10.8. The number of hydrogen-bond acceptors (Lipinski definition) is 4. The first-order valence-electron chi connectivity index (χ1n) is 7.87. The first kappa shape index (κ1) is 17.5. The summed E-state index contributed by atoms with van der Waals surface area (Å²) in [5.41, 5.74) is 1.98. The van der Waals surface area contributed by atoms with Gasteiger partial charge < -0.3 is 10.1 Å². The maximum atomic E-state index is 12.0. The summed E-state index contributed by atoms with van der Waals surface area (Å²) in [5, 5.41) is 3.92. The van der Waals surface area contributed by atoms with Crippen molar-refractivity contribution in [3.8, 4) is 16.3 Å². The highest BCUT2D eigenvalue weighted by Gasteiger charge is 2.13. The zero-order chi connectivity index (χ0) is 16.8. The van der Waals surface area contributed by atoms with Crippen molar-refractivity contribution in [1.29, 1.82) is 0 Å². The second kappa shape index (κ2) is 8.11. The summed E-state index contributed by atoms with van der Waals surface area (Å²) < 4.78 is 5.17. The molecule has 0 atom stereocenters. The first-order chi connectivity index (χ1) is 11.0. The third kappa shape index (κ3) is 5.06. The van der Waals surface area contributed by atoms with Gasteiger partial charge in [-0.25, -0.2) is 4.98 Å². The minimum absolute atomic E-state index is 0.0682. The van der Waals surface area contributed by atoms with Crippen LogP contribution in [-0.2, 0) is 11.2 Å². The number of carbonyl (C=O) groups is 1. The van der Waals surface area contributed by atoms with Crippen molar-refractivity contribution in [2.75, 3.05) is 13.7 Å². The number of amides is 1. The van der Waals surface area contributed by atoms with E-state index in [1.54, 1.807) is 18.4 Å². The molecular formula is C18H24N2O2S. The summed E-state index contributed by atoms with van der Waals surface area (Å²) >= 11 is 1.58. The van der Waals surface area contributed by atoms with Crippen LogP contribution in [0, 0.1) is 12.8 Å². The molecule has 1 N–H and O–H groups in total. The minimum atomic E-state index is 0.0682. The fourth-order valence-corrected chi connectivity index (χ4v) is 3.22. The third-order valence-electron chi connectivity index (χ3n) is 3.59. The minimum Gasteiger partial charge on any atom is -0.497 e. The van der Waals surface area contributed by atoms with Gasteiger partial charge in [0.15, 0.2) is 0 Å². The Kier molecular flexibility index (Phi) is 6.16. The molecule has 0 aliphatic carbocycles. The number of benzene rings is 1. The predicted octanol–water partition coefficient (Wildman–Crippen LogP) is 3.83. The molecule has 2 rings (SSSR count). The van der Waals surface area contributed by atoms with Gasteiger partial charge in [0.2, 0.25) is 5.91 Å². The molecule has 1 aromatic heterocycles. The molecule has 0 spiro atoms. The molecule has 1 aromatic carbocycles. The molecule has 0 aliphatic heterocycles. The van der Waals surface area contributed by atoms with Gasteiger partial charge in [0.05, 0.1) is 19.2 Å². The number of nitrogens with zero attached hydrogens (tertiary/aromatic N) is 1. The molecule has 4 nitrogen and oxygen atoms in total. The van der Waals surface area contributed by atoms with Crippen LogP contribution in [0.5, 0.6) is 5.75 Å². The van der Waals surface area contributed by atoms with Crippen molar-refractivity contribution < 1.29 is 9.53 Å². The van der Waals surface area contributed by atoms with Gasteiger partial charge in [-0.2, -0.15) is 0 Å². The summed E-state index contributed by atoms with van der Waals surface area (Å²) in [7, 11) is 1.65. The van der Waals surface area contributed by atoms with Gasteiger partial charge in [0.1, 0.15) is 10.8 Å². The van der Waals surface area contributed by atoms with E-state index in [0.29, 0.717) is 12.3 Å². The van der Waals surface area contributed by atoms with Crippen LogP contribution in [-0.4, -0.2) is 24.5 Å². The maximum Gasteiger partial charge on any atom is 0.225 e. The van der Waals surface area contributed by atoms with Gasteiger partial charge in [0.25, 0.3) is 0 Å². The lowest BCUT2D eigenvalue weighted by atomic mass is 10.1. The van der Waals surface area contributed by atoms with E-state index < -0.39 is 0 Å². The number of aryl methyl sites for hydroxylation is 1. The first-order valence-corrected chi connectivity index (χ1v) is 8.68. The van der Waals surface area contributed by atoms with Crippen LogP contribution < -0.4 is 10.1 Å². The van der Waals surface area contributed by atoms with Gasteiger partial charge in [-0.1, -0.05) is 13.8 Å². The average Bonchev–Trinajstić information content (AvgIpc) is 2.88. The van der Waals surface area contributed by atoms with Crippen LogP contribution in [0.15, 0.2) is 24.3 Å². The number of ether oxygens (including phenoxy) is 1. The van der Waals surface area contributed by atoms with Crippen LogP contribution in [0.3, 0.4) is 0 Å². The number of methoxy groups -OCH3 is 1. The molecular weight excluding hydrogens is 308 g/mol. The number of rotatable bonds is 7. The highest BCUT2D eigenvalue weighted by atomic mass is 32.1. The Labute approximate surface area is 141 Å². The van der Waals surface area contributed by atoms with Gasteiger partial charge in [-0.05, 0) is 43.5 Å². The average molecular weight is 332 g/mol. The Morgan fingerprint density at radius 3 is 2.61 bits per heavy atom.